The Labute approximate surface area is 148 Å². The van der Waals surface area contributed by atoms with Crippen molar-refractivity contribution in [3.05, 3.63) is 18.5 Å². The molecule has 1 aliphatic rings. The molecule has 1 amide bonds. The molecule has 7 nitrogen and oxygen atoms in total. The zero-order chi connectivity index (χ0) is 16.9. The normalized spacial score (nSPS) is 17.7. The van der Waals surface area contributed by atoms with E-state index in [4.69, 9.17) is 4.74 Å². The number of nitrogens with one attached hydrogen (secondary N) is 2. The zero-order valence-electron chi connectivity index (χ0n) is 14.4. The summed E-state index contributed by atoms with van der Waals surface area (Å²) in [5.41, 5.74) is -0.684. The van der Waals surface area contributed by atoms with Crippen LogP contribution in [0.5, 0.6) is 0 Å². The summed E-state index contributed by atoms with van der Waals surface area (Å²) >= 11 is 0. The van der Waals surface area contributed by atoms with E-state index in [1.54, 1.807) is 17.8 Å². The van der Waals surface area contributed by atoms with Crippen LogP contribution in [0.15, 0.2) is 18.5 Å². The van der Waals surface area contributed by atoms with E-state index >= 15 is 0 Å². The van der Waals surface area contributed by atoms with Crippen molar-refractivity contribution in [3.8, 4) is 0 Å². The van der Waals surface area contributed by atoms with Gasteiger partial charge in [-0.15, -0.1) is 12.4 Å². The van der Waals surface area contributed by atoms with Crippen LogP contribution in [-0.2, 0) is 19.9 Å². The van der Waals surface area contributed by atoms with Crippen molar-refractivity contribution in [2.75, 3.05) is 19.6 Å². The molecular weight excluding hydrogens is 332 g/mol. The number of rotatable bonds is 6. The summed E-state index contributed by atoms with van der Waals surface area (Å²) in [6.45, 7) is 7.17. The van der Waals surface area contributed by atoms with Crippen LogP contribution < -0.4 is 10.6 Å². The molecule has 1 fully saturated rings. The highest BCUT2D eigenvalue weighted by atomic mass is 35.5. The fourth-order valence-electron chi connectivity index (χ4n) is 2.76. The summed E-state index contributed by atoms with van der Waals surface area (Å²) in [7, 11) is 0. The van der Waals surface area contributed by atoms with Crippen molar-refractivity contribution in [1.29, 1.82) is 0 Å². The minimum atomic E-state index is -0.684. The smallest absolute Gasteiger partial charge is 0.310 e. The van der Waals surface area contributed by atoms with Crippen LogP contribution in [0.1, 0.15) is 33.6 Å². The van der Waals surface area contributed by atoms with Gasteiger partial charge in [-0.05, 0) is 45.8 Å². The molecule has 1 atom stereocenters. The van der Waals surface area contributed by atoms with Gasteiger partial charge >= 0.3 is 5.97 Å². The third-order valence-corrected chi connectivity index (χ3v) is 4.12. The molecule has 0 aliphatic carbocycles. The standard InChI is InChI=1S/C16H26N4O3.ClH/c1-12(2)23-14(21)13(3)11-18-15(22)16(5-8-17-9-6-16)20-10-4-7-19-20;/h4,7,10,12-13,17H,5-6,8-9,11H2,1-3H3,(H,18,22);1H. The van der Waals surface area contributed by atoms with E-state index < -0.39 is 5.54 Å². The lowest BCUT2D eigenvalue weighted by molar-refractivity contribution is -0.151. The van der Waals surface area contributed by atoms with Crippen LogP contribution in [0, 0.1) is 5.92 Å². The van der Waals surface area contributed by atoms with Crippen molar-refractivity contribution < 1.29 is 14.3 Å². The fourth-order valence-corrected chi connectivity index (χ4v) is 2.76. The van der Waals surface area contributed by atoms with E-state index in [1.165, 1.54) is 0 Å². The van der Waals surface area contributed by atoms with E-state index in [1.807, 2.05) is 26.1 Å². The summed E-state index contributed by atoms with van der Waals surface area (Å²) in [6, 6.07) is 1.82. The number of ether oxygens (including phenoxy) is 1. The Morgan fingerprint density at radius 1 is 1.33 bits per heavy atom. The second-order valence-corrected chi connectivity index (χ2v) is 6.33. The highest BCUT2D eigenvalue weighted by molar-refractivity contribution is 5.85. The van der Waals surface area contributed by atoms with Crippen molar-refractivity contribution in [2.24, 2.45) is 5.92 Å². The van der Waals surface area contributed by atoms with Gasteiger partial charge in [-0.1, -0.05) is 6.92 Å². The van der Waals surface area contributed by atoms with E-state index in [0.717, 1.165) is 13.1 Å². The number of carbonyl (C=O) groups excluding carboxylic acids is 2. The minimum absolute atomic E-state index is 0. The van der Waals surface area contributed by atoms with Gasteiger partial charge in [-0.25, -0.2) is 0 Å². The maximum atomic E-state index is 12.8. The van der Waals surface area contributed by atoms with Gasteiger partial charge in [0.1, 0.15) is 5.54 Å². The number of esters is 1. The molecule has 2 N–H and O–H groups in total. The topological polar surface area (TPSA) is 85.2 Å². The predicted molar refractivity (Wildman–Crippen MR) is 93.0 cm³/mol. The first-order valence-corrected chi connectivity index (χ1v) is 8.15. The first-order valence-electron chi connectivity index (χ1n) is 8.15. The third-order valence-electron chi connectivity index (χ3n) is 4.12. The molecule has 1 aliphatic heterocycles. The fraction of sp³-hybridized carbons (Fsp3) is 0.688. The monoisotopic (exact) mass is 358 g/mol. The number of hydrogen-bond acceptors (Lipinski definition) is 5. The van der Waals surface area contributed by atoms with Crippen molar-refractivity contribution >= 4 is 24.3 Å². The molecule has 1 aromatic rings. The Bertz CT molecular complexity index is 527. The molecule has 0 saturated carbocycles. The van der Waals surface area contributed by atoms with Crippen molar-refractivity contribution in [1.82, 2.24) is 20.4 Å². The maximum Gasteiger partial charge on any atom is 0.310 e. The van der Waals surface area contributed by atoms with Gasteiger partial charge in [0.25, 0.3) is 0 Å². The van der Waals surface area contributed by atoms with Crippen LogP contribution in [-0.4, -0.2) is 47.4 Å². The molecule has 0 spiro atoms. The summed E-state index contributed by atoms with van der Waals surface area (Å²) in [5.74, 6) is -0.761. The molecule has 0 aromatic carbocycles. The van der Waals surface area contributed by atoms with Crippen LogP contribution in [0.25, 0.3) is 0 Å². The molecule has 136 valence electrons. The predicted octanol–water partition coefficient (Wildman–Crippen LogP) is 1.09. The molecule has 2 rings (SSSR count). The van der Waals surface area contributed by atoms with Gasteiger partial charge in [-0.2, -0.15) is 5.10 Å². The largest absolute Gasteiger partial charge is 0.463 e. The van der Waals surface area contributed by atoms with Crippen LogP contribution in [0.3, 0.4) is 0 Å². The average Bonchev–Trinajstić information content (AvgIpc) is 3.07. The Kier molecular flexibility index (Phi) is 7.69. The van der Waals surface area contributed by atoms with Crippen molar-refractivity contribution in [2.45, 2.75) is 45.3 Å². The summed E-state index contributed by atoms with van der Waals surface area (Å²) < 4.78 is 6.91. The van der Waals surface area contributed by atoms with E-state index in [9.17, 15) is 9.59 Å². The van der Waals surface area contributed by atoms with Crippen molar-refractivity contribution in [3.63, 3.8) is 0 Å². The third kappa shape index (κ3) is 4.70. The Morgan fingerprint density at radius 3 is 2.54 bits per heavy atom. The van der Waals surface area contributed by atoms with Gasteiger partial charge in [0.05, 0.1) is 12.0 Å². The second kappa shape index (κ2) is 9.03. The zero-order valence-corrected chi connectivity index (χ0v) is 15.3. The lowest BCUT2D eigenvalue weighted by Crippen LogP contribution is -2.55. The molecule has 1 saturated heterocycles. The quantitative estimate of drug-likeness (QED) is 0.743. The minimum Gasteiger partial charge on any atom is -0.463 e. The Balaban J connectivity index is 0.00000288. The number of aromatic nitrogens is 2. The number of nitrogens with zero attached hydrogens (tertiary/aromatic N) is 2. The maximum absolute atomic E-state index is 12.8. The van der Waals surface area contributed by atoms with Gasteiger partial charge in [0.2, 0.25) is 5.91 Å². The lowest BCUT2D eigenvalue weighted by Gasteiger charge is -2.36. The first kappa shape index (κ1) is 20.4. The van der Waals surface area contributed by atoms with Gasteiger partial charge in [0.15, 0.2) is 0 Å². The highest BCUT2D eigenvalue weighted by Crippen LogP contribution is 2.27. The SMILES string of the molecule is CC(C)OC(=O)C(C)CNC(=O)C1(n2cccn2)CCNCC1.Cl. The molecule has 1 aromatic heterocycles. The number of carbonyl (C=O) groups is 2. The number of amides is 1. The number of piperidine rings is 1. The molecular formula is C16H27ClN4O3. The Morgan fingerprint density at radius 2 is 2.00 bits per heavy atom. The van der Waals surface area contributed by atoms with Crippen LogP contribution in [0.2, 0.25) is 0 Å². The summed E-state index contributed by atoms with van der Waals surface area (Å²) in [6.07, 6.45) is 4.69. The lowest BCUT2D eigenvalue weighted by atomic mass is 9.87. The number of hydrogen-bond donors (Lipinski definition) is 2. The highest BCUT2D eigenvalue weighted by Gasteiger charge is 2.42. The molecule has 1 unspecified atom stereocenters. The van der Waals surface area contributed by atoms with Crippen LogP contribution >= 0.6 is 12.4 Å². The van der Waals surface area contributed by atoms with Crippen LogP contribution in [0.4, 0.5) is 0 Å². The average molecular weight is 359 g/mol. The Hall–Kier alpha value is -1.60. The first-order chi connectivity index (χ1) is 11.0. The second-order valence-electron chi connectivity index (χ2n) is 6.33. The summed E-state index contributed by atoms with van der Waals surface area (Å²) in [4.78, 5) is 24.7. The van der Waals surface area contributed by atoms with E-state index in [2.05, 4.69) is 15.7 Å². The van der Waals surface area contributed by atoms with Gasteiger partial charge in [-0.3, -0.25) is 14.3 Å². The molecule has 8 heteroatoms. The molecule has 2 heterocycles. The van der Waals surface area contributed by atoms with E-state index in [0.29, 0.717) is 12.8 Å². The summed E-state index contributed by atoms with van der Waals surface area (Å²) in [5, 5.41) is 10.4. The van der Waals surface area contributed by atoms with Gasteiger partial charge in [0, 0.05) is 18.9 Å². The molecule has 0 bridgehead atoms. The van der Waals surface area contributed by atoms with Gasteiger partial charge < -0.3 is 15.4 Å². The number of halogens is 1. The molecule has 24 heavy (non-hydrogen) atoms. The van der Waals surface area contributed by atoms with E-state index in [-0.39, 0.29) is 42.9 Å². The molecule has 0 radical (unpaired) electrons.